The van der Waals surface area contributed by atoms with Gasteiger partial charge in [-0.3, -0.25) is 4.79 Å². The van der Waals surface area contributed by atoms with E-state index in [1.807, 2.05) is 0 Å². The van der Waals surface area contributed by atoms with Crippen molar-refractivity contribution < 1.29 is 27.8 Å². The summed E-state index contributed by atoms with van der Waals surface area (Å²) in [5.74, 6) is -0.890. The minimum Gasteiger partial charge on any atom is -0.497 e. The van der Waals surface area contributed by atoms with Crippen LogP contribution in [0.15, 0.2) is 42.5 Å². The molecule has 5 nitrogen and oxygen atoms in total. The van der Waals surface area contributed by atoms with Gasteiger partial charge < -0.3 is 20.1 Å². The molecule has 3 unspecified atom stereocenters. The van der Waals surface area contributed by atoms with Crippen LogP contribution in [0.2, 0.25) is 0 Å². The lowest BCUT2D eigenvalue weighted by Crippen LogP contribution is -2.61. The summed E-state index contributed by atoms with van der Waals surface area (Å²) in [5, 5.41) is 15.1. The maximum Gasteiger partial charge on any atom is 0.416 e. The monoisotopic (exact) mass is 434 g/mol. The summed E-state index contributed by atoms with van der Waals surface area (Å²) in [6, 6.07) is 10.1. The Morgan fingerprint density at radius 2 is 1.90 bits per heavy atom. The van der Waals surface area contributed by atoms with E-state index in [2.05, 4.69) is 5.32 Å². The maximum atomic E-state index is 13.9. The zero-order valence-electron chi connectivity index (χ0n) is 17.4. The molecule has 0 aromatic heterocycles. The number of carbonyl (C=O) groups is 1. The molecule has 0 bridgehead atoms. The van der Waals surface area contributed by atoms with Gasteiger partial charge in [0.15, 0.2) is 5.60 Å². The van der Waals surface area contributed by atoms with Crippen LogP contribution in [0.1, 0.15) is 35.4 Å². The molecule has 0 saturated carbocycles. The topological polar surface area (TPSA) is 61.8 Å². The fourth-order valence-electron chi connectivity index (χ4n) is 4.92. The van der Waals surface area contributed by atoms with Crippen molar-refractivity contribution >= 4 is 11.6 Å². The third-order valence-electron chi connectivity index (χ3n) is 6.51. The molecule has 2 aromatic rings. The van der Waals surface area contributed by atoms with E-state index in [9.17, 15) is 23.1 Å². The molecule has 2 heterocycles. The molecule has 2 aliphatic rings. The smallest absolute Gasteiger partial charge is 0.416 e. The molecular formula is C23H25F3N2O3. The number of hydrogen-bond donors (Lipinski definition) is 2. The quantitative estimate of drug-likeness (QED) is 0.777. The molecule has 2 aromatic carbocycles. The molecule has 166 valence electrons. The molecule has 0 spiro atoms. The molecule has 2 N–H and O–H groups in total. The van der Waals surface area contributed by atoms with Gasteiger partial charge in [-0.15, -0.1) is 0 Å². The number of halogens is 3. The molecular weight excluding hydrogens is 409 g/mol. The van der Waals surface area contributed by atoms with E-state index in [1.165, 1.54) is 31.2 Å². The SMILES string of the molecule is COc1ccc(C2Cc3c(cccc3C(F)(F)F)N(C)C(=O)C2(O)C2CCCN2)cc1. The molecule has 1 amide bonds. The number of amides is 1. The lowest BCUT2D eigenvalue weighted by Gasteiger charge is -2.40. The number of benzene rings is 2. The van der Waals surface area contributed by atoms with Gasteiger partial charge >= 0.3 is 6.18 Å². The summed E-state index contributed by atoms with van der Waals surface area (Å²) in [6.45, 7) is 0.639. The van der Waals surface area contributed by atoms with Crippen molar-refractivity contribution in [1.29, 1.82) is 0 Å². The van der Waals surface area contributed by atoms with Crippen molar-refractivity contribution in [2.24, 2.45) is 0 Å². The van der Waals surface area contributed by atoms with E-state index in [0.717, 1.165) is 12.5 Å². The van der Waals surface area contributed by atoms with Crippen molar-refractivity contribution in [2.75, 3.05) is 25.6 Å². The van der Waals surface area contributed by atoms with Gasteiger partial charge in [0.2, 0.25) is 0 Å². The highest BCUT2D eigenvalue weighted by atomic mass is 19.4. The van der Waals surface area contributed by atoms with Gasteiger partial charge in [-0.05, 0) is 61.2 Å². The molecule has 3 atom stereocenters. The Bertz CT molecular complexity index is 971. The number of aliphatic hydroxyl groups is 1. The first-order valence-electron chi connectivity index (χ1n) is 10.2. The standard InChI is InChI=1S/C23H25F3N2O3/c1-28-19-6-3-5-17(23(24,25)26)16(19)13-18(14-8-10-15(31-2)11-9-14)22(30,21(28)29)20-7-4-12-27-20/h3,5-6,8-11,18,20,27,30H,4,7,12-13H2,1-2H3. The summed E-state index contributed by atoms with van der Waals surface area (Å²) < 4.78 is 46.8. The molecule has 8 heteroatoms. The van der Waals surface area contributed by atoms with Crippen LogP contribution in [0.3, 0.4) is 0 Å². The van der Waals surface area contributed by atoms with E-state index in [4.69, 9.17) is 4.74 Å². The number of fused-ring (bicyclic) bond motifs is 1. The minimum atomic E-state index is -4.58. The highest BCUT2D eigenvalue weighted by Crippen LogP contribution is 2.46. The zero-order chi connectivity index (χ0) is 22.4. The Kier molecular flexibility index (Phi) is 5.47. The predicted octanol–water partition coefficient (Wildman–Crippen LogP) is 3.50. The lowest BCUT2D eigenvalue weighted by molar-refractivity contribution is -0.142. The average molecular weight is 434 g/mol. The third kappa shape index (κ3) is 3.57. The first-order valence-corrected chi connectivity index (χ1v) is 10.2. The fourth-order valence-corrected chi connectivity index (χ4v) is 4.92. The summed E-state index contributed by atoms with van der Waals surface area (Å²) >= 11 is 0. The molecule has 1 fully saturated rings. The van der Waals surface area contributed by atoms with Crippen molar-refractivity contribution in [3.63, 3.8) is 0 Å². The summed E-state index contributed by atoms with van der Waals surface area (Å²) in [6.07, 6.45) is -3.36. The molecule has 4 rings (SSSR count). The van der Waals surface area contributed by atoms with Crippen LogP contribution in [0.5, 0.6) is 5.75 Å². The number of nitrogens with one attached hydrogen (secondary N) is 1. The minimum absolute atomic E-state index is 0.0144. The number of methoxy groups -OCH3 is 1. The first-order chi connectivity index (χ1) is 14.7. The molecule has 2 aliphatic heterocycles. The Morgan fingerprint density at radius 1 is 1.19 bits per heavy atom. The number of ether oxygens (including phenoxy) is 1. The Morgan fingerprint density at radius 3 is 2.48 bits per heavy atom. The second-order valence-corrected chi connectivity index (χ2v) is 8.17. The summed E-state index contributed by atoms with van der Waals surface area (Å²) in [7, 11) is 2.95. The average Bonchev–Trinajstić information content (AvgIpc) is 3.28. The van der Waals surface area contributed by atoms with Gasteiger partial charge in [0.05, 0.1) is 12.7 Å². The lowest BCUT2D eigenvalue weighted by atomic mass is 9.73. The third-order valence-corrected chi connectivity index (χ3v) is 6.51. The Labute approximate surface area is 178 Å². The molecule has 1 saturated heterocycles. The number of nitrogens with zero attached hydrogens (tertiary/aromatic N) is 1. The molecule has 0 aliphatic carbocycles. The Balaban J connectivity index is 1.93. The normalized spacial score (nSPS) is 26.5. The van der Waals surface area contributed by atoms with Gasteiger partial charge in [0.1, 0.15) is 5.75 Å². The van der Waals surface area contributed by atoms with E-state index < -0.39 is 35.2 Å². The zero-order valence-corrected chi connectivity index (χ0v) is 17.4. The van der Waals surface area contributed by atoms with E-state index in [1.54, 1.807) is 24.3 Å². The van der Waals surface area contributed by atoms with Gasteiger partial charge in [-0.2, -0.15) is 13.2 Å². The van der Waals surface area contributed by atoms with Crippen molar-refractivity contribution in [2.45, 2.75) is 43.0 Å². The van der Waals surface area contributed by atoms with Gasteiger partial charge in [0.25, 0.3) is 5.91 Å². The largest absolute Gasteiger partial charge is 0.497 e. The number of anilines is 1. The van der Waals surface area contributed by atoms with Crippen LogP contribution in [0.4, 0.5) is 18.9 Å². The highest BCUT2D eigenvalue weighted by molar-refractivity contribution is 6.02. The number of carbonyl (C=O) groups excluding carboxylic acids is 1. The van der Waals surface area contributed by atoms with Crippen LogP contribution < -0.4 is 15.0 Å². The highest BCUT2D eigenvalue weighted by Gasteiger charge is 2.55. The van der Waals surface area contributed by atoms with Crippen LogP contribution in [0.25, 0.3) is 0 Å². The van der Waals surface area contributed by atoms with Crippen molar-refractivity contribution in [1.82, 2.24) is 5.32 Å². The van der Waals surface area contributed by atoms with Crippen LogP contribution in [-0.2, 0) is 17.4 Å². The van der Waals surface area contributed by atoms with E-state index in [0.29, 0.717) is 24.3 Å². The number of hydrogen-bond acceptors (Lipinski definition) is 4. The van der Waals surface area contributed by atoms with Gasteiger partial charge in [-0.1, -0.05) is 18.2 Å². The van der Waals surface area contributed by atoms with Crippen LogP contribution >= 0.6 is 0 Å². The fraction of sp³-hybridized carbons (Fsp3) is 0.435. The second-order valence-electron chi connectivity index (χ2n) is 8.17. The van der Waals surface area contributed by atoms with Crippen molar-refractivity contribution in [3.8, 4) is 5.75 Å². The van der Waals surface area contributed by atoms with Crippen molar-refractivity contribution in [3.05, 3.63) is 59.2 Å². The van der Waals surface area contributed by atoms with Gasteiger partial charge in [0, 0.05) is 24.7 Å². The van der Waals surface area contributed by atoms with Gasteiger partial charge in [-0.25, -0.2) is 0 Å². The second kappa shape index (κ2) is 7.84. The number of likely N-dealkylation sites (N-methyl/N-ethyl adjacent to an activating group) is 1. The maximum absolute atomic E-state index is 13.9. The molecule has 31 heavy (non-hydrogen) atoms. The predicted molar refractivity (Wildman–Crippen MR) is 110 cm³/mol. The van der Waals surface area contributed by atoms with Crippen LogP contribution in [-0.4, -0.2) is 43.4 Å². The van der Waals surface area contributed by atoms with Crippen LogP contribution in [0, 0.1) is 0 Å². The number of rotatable bonds is 3. The first kappa shape index (κ1) is 21.6. The summed E-state index contributed by atoms with van der Waals surface area (Å²) in [4.78, 5) is 14.8. The van der Waals surface area contributed by atoms with E-state index >= 15 is 0 Å². The number of alkyl halides is 3. The van der Waals surface area contributed by atoms with E-state index in [-0.39, 0.29) is 17.7 Å². The molecule has 0 radical (unpaired) electrons. The summed E-state index contributed by atoms with van der Waals surface area (Å²) in [5.41, 5.74) is -1.91. The Hall–Kier alpha value is -2.58.